The van der Waals surface area contributed by atoms with E-state index in [1.807, 2.05) is 0 Å². The lowest BCUT2D eigenvalue weighted by Gasteiger charge is -2.47. The lowest BCUT2D eigenvalue weighted by Crippen LogP contribution is -2.49. The first kappa shape index (κ1) is 12.3. The second kappa shape index (κ2) is 3.40. The Kier molecular flexibility index (Phi) is 2.31. The number of ether oxygens (including phenoxy) is 1. The molecule has 2 fully saturated rings. The van der Waals surface area contributed by atoms with Gasteiger partial charge in [0.1, 0.15) is 0 Å². The van der Waals surface area contributed by atoms with Crippen LogP contribution < -0.4 is 0 Å². The maximum Gasteiger partial charge on any atom is 0.316 e. The van der Waals surface area contributed by atoms with E-state index in [2.05, 4.69) is 26.8 Å². The summed E-state index contributed by atoms with van der Waals surface area (Å²) in [5, 5.41) is 0. The van der Waals surface area contributed by atoms with Gasteiger partial charge in [0.15, 0.2) is 0 Å². The van der Waals surface area contributed by atoms with Crippen molar-refractivity contribution in [3.05, 3.63) is 11.6 Å². The van der Waals surface area contributed by atoms with Crippen molar-refractivity contribution in [2.75, 3.05) is 7.11 Å². The fourth-order valence-corrected chi connectivity index (χ4v) is 6.05. The highest BCUT2D eigenvalue weighted by Crippen LogP contribution is 2.77. The summed E-state index contributed by atoms with van der Waals surface area (Å²) in [4.78, 5) is 12.6. The number of esters is 1. The predicted molar refractivity (Wildman–Crippen MR) is 71.0 cm³/mol. The highest BCUT2D eigenvalue weighted by Gasteiger charge is 2.74. The van der Waals surface area contributed by atoms with Crippen molar-refractivity contribution in [3.8, 4) is 0 Å². The van der Waals surface area contributed by atoms with E-state index in [1.54, 1.807) is 7.11 Å². The standard InChI is InChI=1S/C16H24O2/c1-11-6-9-15(13(17)18-4)12(2)10-14(3)7-5-8-16(11,14)15/h10-11H,5-9H2,1-4H3/t11-,14+,15+,16+/m0/s1. The Balaban J connectivity index is 2.24. The third kappa shape index (κ3) is 0.972. The molecule has 3 aliphatic rings. The van der Waals surface area contributed by atoms with Gasteiger partial charge in [-0.05, 0) is 43.9 Å². The molecule has 0 radical (unpaired) electrons. The van der Waals surface area contributed by atoms with Crippen molar-refractivity contribution in [2.45, 2.75) is 52.9 Å². The molecule has 0 saturated heterocycles. The molecule has 0 unspecified atom stereocenters. The van der Waals surface area contributed by atoms with Crippen LogP contribution in [-0.2, 0) is 9.53 Å². The van der Waals surface area contributed by atoms with E-state index in [9.17, 15) is 4.79 Å². The van der Waals surface area contributed by atoms with Gasteiger partial charge in [-0.2, -0.15) is 0 Å². The summed E-state index contributed by atoms with van der Waals surface area (Å²) in [6.07, 6.45) is 8.23. The quantitative estimate of drug-likeness (QED) is 0.522. The normalized spacial score (nSPS) is 49.8. The van der Waals surface area contributed by atoms with Gasteiger partial charge in [-0.25, -0.2) is 0 Å². The molecule has 2 saturated carbocycles. The number of methoxy groups -OCH3 is 1. The van der Waals surface area contributed by atoms with E-state index in [-0.39, 0.29) is 22.2 Å². The van der Waals surface area contributed by atoms with Crippen molar-refractivity contribution < 1.29 is 9.53 Å². The second-order valence-electron chi connectivity index (χ2n) is 6.91. The summed E-state index contributed by atoms with van der Waals surface area (Å²) in [5.41, 5.74) is 1.31. The van der Waals surface area contributed by atoms with Gasteiger partial charge in [0.05, 0.1) is 12.5 Å². The number of carbonyl (C=O) groups is 1. The van der Waals surface area contributed by atoms with Crippen molar-refractivity contribution in [2.24, 2.45) is 22.2 Å². The van der Waals surface area contributed by atoms with Gasteiger partial charge in [-0.3, -0.25) is 4.79 Å². The minimum absolute atomic E-state index is 0.0197. The van der Waals surface area contributed by atoms with Gasteiger partial charge in [-0.1, -0.05) is 31.9 Å². The number of rotatable bonds is 1. The minimum atomic E-state index is -0.313. The molecule has 4 atom stereocenters. The molecule has 1 spiro atoms. The largest absolute Gasteiger partial charge is 0.468 e. The number of hydrogen-bond acceptors (Lipinski definition) is 2. The van der Waals surface area contributed by atoms with E-state index in [0.717, 1.165) is 12.8 Å². The van der Waals surface area contributed by atoms with Crippen molar-refractivity contribution in [1.29, 1.82) is 0 Å². The van der Waals surface area contributed by atoms with Gasteiger partial charge in [0.25, 0.3) is 0 Å². The lowest BCUT2D eigenvalue weighted by atomic mass is 9.55. The first-order valence-corrected chi connectivity index (χ1v) is 7.23. The summed E-state index contributed by atoms with van der Waals surface area (Å²) in [7, 11) is 1.55. The van der Waals surface area contributed by atoms with Crippen LogP contribution in [0.5, 0.6) is 0 Å². The molecule has 100 valence electrons. The van der Waals surface area contributed by atoms with Gasteiger partial charge in [0.2, 0.25) is 0 Å². The average Bonchev–Trinajstić information content (AvgIpc) is 2.87. The van der Waals surface area contributed by atoms with Crippen molar-refractivity contribution in [3.63, 3.8) is 0 Å². The number of allylic oxidation sites excluding steroid dienone is 1. The topological polar surface area (TPSA) is 26.3 Å². The van der Waals surface area contributed by atoms with Crippen molar-refractivity contribution in [1.82, 2.24) is 0 Å². The molecule has 0 aromatic carbocycles. The Labute approximate surface area is 110 Å². The smallest absolute Gasteiger partial charge is 0.316 e. The summed E-state index contributed by atoms with van der Waals surface area (Å²) < 4.78 is 5.23. The fourth-order valence-electron chi connectivity index (χ4n) is 6.05. The van der Waals surface area contributed by atoms with E-state index >= 15 is 0 Å². The molecule has 2 heteroatoms. The lowest BCUT2D eigenvalue weighted by molar-refractivity contribution is -0.160. The zero-order valence-electron chi connectivity index (χ0n) is 12.0. The highest BCUT2D eigenvalue weighted by molar-refractivity contribution is 5.84. The summed E-state index contributed by atoms with van der Waals surface area (Å²) in [5.74, 6) is 0.643. The van der Waals surface area contributed by atoms with Gasteiger partial charge in [0, 0.05) is 5.41 Å². The Hall–Kier alpha value is -0.790. The highest BCUT2D eigenvalue weighted by atomic mass is 16.5. The second-order valence-corrected chi connectivity index (χ2v) is 6.91. The van der Waals surface area contributed by atoms with Crippen LogP contribution in [-0.4, -0.2) is 13.1 Å². The van der Waals surface area contributed by atoms with E-state index in [1.165, 1.54) is 24.8 Å². The summed E-state index contributed by atoms with van der Waals surface area (Å²) >= 11 is 0. The molecule has 3 aliphatic carbocycles. The van der Waals surface area contributed by atoms with Gasteiger partial charge in [-0.15, -0.1) is 0 Å². The molecule has 0 aromatic heterocycles. The van der Waals surface area contributed by atoms with Crippen LogP contribution in [0.2, 0.25) is 0 Å². The Morgan fingerprint density at radius 2 is 2.11 bits per heavy atom. The Bertz CT molecular complexity index is 438. The fraction of sp³-hybridized carbons (Fsp3) is 0.812. The van der Waals surface area contributed by atoms with Crippen LogP contribution in [0.25, 0.3) is 0 Å². The molecule has 2 nitrogen and oxygen atoms in total. The Morgan fingerprint density at radius 3 is 2.78 bits per heavy atom. The molecule has 18 heavy (non-hydrogen) atoms. The molecular formula is C16H24O2. The van der Waals surface area contributed by atoms with Crippen LogP contribution in [0.4, 0.5) is 0 Å². The Morgan fingerprint density at radius 1 is 1.39 bits per heavy atom. The van der Waals surface area contributed by atoms with E-state index < -0.39 is 0 Å². The minimum Gasteiger partial charge on any atom is -0.468 e. The predicted octanol–water partition coefficient (Wildman–Crippen LogP) is 3.71. The van der Waals surface area contributed by atoms with Crippen LogP contribution in [0, 0.1) is 22.2 Å². The third-order valence-corrected chi connectivity index (χ3v) is 6.58. The summed E-state index contributed by atoms with van der Waals surface area (Å²) in [6.45, 7) is 6.87. The number of carbonyl (C=O) groups excluding carboxylic acids is 1. The van der Waals surface area contributed by atoms with Crippen LogP contribution >= 0.6 is 0 Å². The summed E-state index contributed by atoms with van der Waals surface area (Å²) in [6, 6.07) is 0. The first-order chi connectivity index (χ1) is 8.44. The van der Waals surface area contributed by atoms with Gasteiger partial charge < -0.3 is 4.74 Å². The molecular weight excluding hydrogens is 224 g/mol. The zero-order chi connectivity index (χ0) is 13.2. The SMILES string of the molecule is COC(=O)[C@]12CC[C@H](C)[C@@]13CCC[C@]3(C)C=C2C. The van der Waals surface area contributed by atoms with Crippen LogP contribution in [0.15, 0.2) is 11.6 Å². The molecule has 0 aromatic rings. The maximum absolute atomic E-state index is 12.6. The molecule has 0 bridgehead atoms. The van der Waals surface area contributed by atoms with E-state index in [0.29, 0.717) is 5.92 Å². The monoisotopic (exact) mass is 248 g/mol. The molecule has 0 heterocycles. The van der Waals surface area contributed by atoms with Gasteiger partial charge >= 0.3 is 5.97 Å². The van der Waals surface area contributed by atoms with Crippen LogP contribution in [0.1, 0.15) is 52.9 Å². The van der Waals surface area contributed by atoms with Crippen molar-refractivity contribution >= 4 is 5.97 Å². The van der Waals surface area contributed by atoms with E-state index in [4.69, 9.17) is 4.74 Å². The maximum atomic E-state index is 12.6. The first-order valence-electron chi connectivity index (χ1n) is 7.23. The molecule has 0 amide bonds. The number of hydrogen-bond donors (Lipinski definition) is 0. The molecule has 0 aliphatic heterocycles. The van der Waals surface area contributed by atoms with Crippen LogP contribution in [0.3, 0.4) is 0 Å². The molecule has 0 N–H and O–H groups in total. The zero-order valence-corrected chi connectivity index (χ0v) is 12.0. The average molecular weight is 248 g/mol. The third-order valence-electron chi connectivity index (χ3n) is 6.58. The molecule has 3 rings (SSSR count).